The van der Waals surface area contributed by atoms with Crippen molar-refractivity contribution >= 4 is 5.97 Å². The van der Waals surface area contributed by atoms with Crippen LogP contribution in [-0.2, 0) is 28.7 Å². The Kier molecular flexibility index (Phi) is 8.87. The van der Waals surface area contributed by atoms with Gasteiger partial charge in [0, 0.05) is 6.04 Å². The number of aliphatic hydroxyl groups is 1. The van der Waals surface area contributed by atoms with Gasteiger partial charge in [-0.15, -0.1) is 0 Å². The Balaban J connectivity index is 0.000000181. The van der Waals surface area contributed by atoms with Gasteiger partial charge >= 0.3 is 5.97 Å². The van der Waals surface area contributed by atoms with E-state index in [0.717, 1.165) is 25.7 Å². The molecule has 4 aromatic carbocycles. The Morgan fingerprint density at radius 3 is 1.76 bits per heavy atom. The second-order valence-electron chi connectivity index (χ2n) is 11.4. The Bertz CT molecular complexity index is 1460. The van der Waals surface area contributed by atoms with Crippen LogP contribution in [0, 0.1) is 11.3 Å². The molecule has 1 unspecified atom stereocenters. The predicted octanol–water partition coefficient (Wildman–Crippen LogP) is 6.48. The van der Waals surface area contributed by atoms with Crippen LogP contribution in [0.4, 0.5) is 0 Å². The van der Waals surface area contributed by atoms with Gasteiger partial charge in [-0.3, -0.25) is 0 Å². The number of hydrogen-bond donors (Lipinski definition) is 2. The summed E-state index contributed by atoms with van der Waals surface area (Å²) in [5.41, 5.74) is 3.36. The van der Waals surface area contributed by atoms with E-state index in [1.54, 1.807) is 60.7 Å². The second kappa shape index (κ2) is 12.7. The first-order chi connectivity index (χ1) is 20.4. The summed E-state index contributed by atoms with van der Waals surface area (Å²) < 4.78 is 0. The zero-order chi connectivity index (χ0) is 29.6. The number of carboxylic acids is 1. The number of likely N-dealkylation sites (tertiary alicyclic amines) is 1. The molecule has 42 heavy (non-hydrogen) atoms. The average molecular weight is 559 g/mol. The van der Waals surface area contributed by atoms with Gasteiger partial charge in [-0.25, -0.2) is 4.79 Å². The van der Waals surface area contributed by atoms with Crippen LogP contribution in [-0.4, -0.2) is 40.7 Å². The molecule has 0 amide bonds. The van der Waals surface area contributed by atoms with Gasteiger partial charge in [-0.1, -0.05) is 109 Å². The highest BCUT2D eigenvalue weighted by Crippen LogP contribution is 2.43. The van der Waals surface area contributed by atoms with Crippen molar-refractivity contribution in [1.82, 2.24) is 4.90 Å². The lowest BCUT2D eigenvalue weighted by Gasteiger charge is -2.32. The van der Waals surface area contributed by atoms with E-state index < -0.39 is 17.0 Å². The van der Waals surface area contributed by atoms with E-state index in [0.29, 0.717) is 17.2 Å². The Morgan fingerprint density at radius 1 is 0.857 bits per heavy atom. The van der Waals surface area contributed by atoms with Crippen molar-refractivity contribution < 1.29 is 15.0 Å². The van der Waals surface area contributed by atoms with Crippen molar-refractivity contribution in [1.29, 1.82) is 5.26 Å². The monoisotopic (exact) mass is 558 g/mol. The van der Waals surface area contributed by atoms with Gasteiger partial charge in [0.05, 0.1) is 6.07 Å². The minimum Gasteiger partial charge on any atom is -0.479 e. The number of benzene rings is 4. The fourth-order valence-electron chi connectivity index (χ4n) is 6.67. The molecule has 0 aromatic heterocycles. The minimum absolute atomic E-state index is 0.346. The zero-order valence-corrected chi connectivity index (χ0v) is 24.1. The summed E-state index contributed by atoms with van der Waals surface area (Å²) in [6.07, 6.45) is 6.61. The third kappa shape index (κ3) is 5.61. The van der Waals surface area contributed by atoms with Crippen LogP contribution in [0.5, 0.6) is 0 Å². The molecular weight excluding hydrogens is 520 g/mol. The molecule has 1 aliphatic carbocycles. The van der Waals surface area contributed by atoms with Crippen LogP contribution in [0.2, 0.25) is 0 Å². The Morgan fingerprint density at radius 2 is 1.33 bits per heavy atom. The number of rotatable bonds is 6. The molecule has 0 spiro atoms. The van der Waals surface area contributed by atoms with Crippen molar-refractivity contribution in [3.05, 3.63) is 143 Å². The predicted molar refractivity (Wildman–Crippen MR) is 165 cm³/mol. The Hall–Kier alpha value is -4.24. The molecule has 1 heterocycles. The topological polar surface area (TPSA) is 84.6 Å². The quantitative estimate of drug-likeness (QED) is 0.283. The summed E-state index contributed by atoms with van der Waals surface area (Å²) in [5, 5.41) is 30.2. The Labute approximate surface area is 248 Å². The first kappa shape index (κ1) is 29.3. The van der Waals surface area contributed by atoms with Crippen molar-refractivity contribution in [2.24, 2.45) is 0 Å². The minimum atomic E-state index is -2.00. The molecule has 214 valence electrons. The molecule has 0 bridgehead atoms. The lowest BCUT2D eigenvalue weighted by atomic mass is 9.70. The van der Waals surface area contributed by atoms with Crippen LogP contribution in [0.25, 0.3) is 0 Å². The maximum Gasteiger partial charge on any atom is 0.345 e. The van der Waals surface area contributed by atoms with E-state index in [9.17, 15) is 20.3 Å². The second-order valence-corrected chi connectivity index (χ2v) is 11.4. The molecule has 5 heteroatoms. The highest BCUT2D eigenvalue weighted by atomic mass is 16.4. The maximum atomic E-state index is 11.4. The fourth-order valence-corrected chi connectivity index (χ4v) is 6.67. The first-order valence-electron chi connectivity index (χ1n) is 14.7. The zero-order valence-electron chi connectivity index (χ0n) is 24.1. The highest BCUT2D eigenvalue weighted by Gasteiger charge is 2.41. The molecule has 1 fully saturated rings. The summed E-state index contributed by atoms with van der Waals surface area (Å²) >= 11 is 0. The van der Waals surface area contributed by atoms with Gasteiger partial charge in [-0.2, -0.15) is 5.26 Å². The molecule has 6 rings (SSSR count). The van der Waals surface area contributed by atoms with E-state index in [4.69, 9.17) is 0 Å². The molecule has 5 nitrogen and oxygen atoms in total. The van der Waals surface area contributed by atoms with Crippen molar-refractivity contribution in [2.45, 2.75) is 55.6 Å². The van der Waals surface area contributed by atoms with E-state index in [1.165, 1.54) is 41.6 Å². The van der Waals surface area contributed by atoms with Crippen LogP contribution in [0.15, 0.2) is 109 Å². The number of aryl methyl sites for hydroxylation is 2. The first-order valence-corrected chi connectivity index (χ1v) is 14.7. The van der Waals surface area contributed by atoms with Crippen LogP contribution >= 0.6 is 0 Å². The van der Waals surface area contributed by atoms with E-state index in [-0.39, 0.29) is 0 Å². The molecule has 0 saturated carbocycles. The fraction of sp³-hybridized carbons (Fsp3) is 0.297. The number of nitrogens with zero attached hydrogens (tertiary/aromatic N) is 2. The van der Waals surface area contributed by atoms with Gasteiger partial charge < -0.3 is 15.1 Å². The summed E-state index contributed by atoms with van der Waals surface area (Å²) in [4.78, 5) is 13.8. The van der Waals surface area contributed by atoms with Crippen molar-refractivity contribution in [3.63, 3.8) is 0 Å². The number of carbonyl (C=O) groups is 1. The van der Waals surface area contributed by atoms with E-state index in [1.807, 2.05) is 0 Å². The maximum absolute atomic E-state index is 11.4. The van der Waals surface area contributed by atoms with Crippen molar-refractivity contribution in [2.75, 3.05) is 13.6 Å². The number of nitriles is 1. The molecule has 1 atom stereocenters. The van der Waals surface area contributed by atoms with E-state index in [2.05, 4.69) is 66.5 Å². The molecule has 2 N–H and O–H groups in total. The SMILES string of the molecule is CN1CCCC1CCC1(C#N)c2ccccc2CCc2ccccc21.O=C(O)C(O)(c1ccccc1)c1ccccc1. The molecule has 4 aromatic rings. The molecule has 2 aliphatic rings. The van der Waals surface area contributed by atoms with Gasteiger partial charge in [0.15, 0.2) is 0 Å². The third-order valence-corrected chi connectivity index (χ3v) is 9.03. The average Bonchev–Trinajstić information content (AvgIpc) is 3.40. The van der Waals surface area contributed by atoms with Crippen LogP contribution in [0.1, 0.15) is 59.1 Å². The summed E-state index contributed by atoms with van der Waals surface area (Å²) in [6, 6.07) is 37.4. The number of fused-ring (bicyclic) bond motifs is 2. The van der Waals surface area contributed by atoms with Gasteiger partial charge in [0.1, 0.15) is 5.41 Å². The standard InChI is InChI=1S/C23H26N2.C14H12O3/c1-25-16-6-9-20(25)14-15-23(17-24)21-10-4-2-7-18(21)12-13-19-8-3-5-11-22(19)23;15-13(16)14(17,11-7-3-1-4-8-11)12-9-5-2-6-10-12/h2-5,7-8,10-11,20H,6,9,12-16H2,1H3;1-10,17H,(H,15,16). The van der Waals surface area contributed by atoms with Crippen molar-refractivity contribution in [3.8, 4) is 6.07 Å². The number of aliphatic carboxylic acids is 1. The van der Waals surface area contributed by atoms with Gasteiger partial charge in [0.25, 0.3) is 0 Å². The highest BCUT2D eigenvalue weighted by molar-refractivity contribution is 5.83. The largest absolute Gasteiger partial charge is 0.479 e. The van der Waals surface area contributed by atoms with Crippen LogP contribution in [0.3, 0.4) is 0 Å². The summed E-state index contributed by atoms with van der Waals surface area (Å²) in [5.74, 6) is -1.28. The molecule has 0 radical (unpaired) electrons. The lowest BCUT2D eigenvalue weighted by molar-refractivity contribution is -0.155. The van der Waals surface area contributed by atoms with Gasteiger partial charge in [-0.05, 0) is 85.5 Å². The smallest absolute Gasteiger partial charge is 0.345 e. The third-order valence-electron chi connectivity index (χ3n) is 9.03. The number of carboxylic acid groups (broad SMARTS) is 1. The number of hydrogen-bond acceptors (Lipinski definition) is 4. The summed E-state index contributed by atoms with van der Waals surface area (Å²) in [6.45, 7) is 1.19. The molecular formula is C37H38N2O3. The normalized spacial score (nSPS) is 17.5. The van der Waals surface area contributed by atoms with E-state index >= 15 is 0 Å². The van der Waals surface area contributed by atoms with Gasteiger partial charge in [0.2, 0.25) is 5.60 Å². The van der Waals surface area contributed by atoms with Crippen LogP contribution < -0.4 is 0 Å². The lowest BCUT2D eigenvalue weighted by Crippen LogP contribution is -2.36. The molecule has 1 saturated heterocycles. The molecule has 1 aliphatic heterocycles. The summed E-state index contributed by atoms with van der Waals surface area (Å²) in [7, 11) is 2.23.